The maximum atomic E-state index is 5.15. The minimum atomic E-state index is -1.79. The van der Waals surface area contributed by atoms with E-state index in [2.05, 4.69) is 149 Å². The van der Waals surface area contributed by atoms with Gasteiger partial charge in [0.15, 0.2) is 0 Å². The Balaban J connectivity index is 0.000000155. The summed E-state index contributed by atoms with van der Waals surface area (Å²) in [4.78, 5) is 0. The number of hydrogen-bond acceptors (Lipinski definition) is 0. The van der Waals surface area contributed by atoms with Gasteiger partial charge in [0.2, 0.25) is 0 Å². The third-order valence-electron chi connectivity index (χ3n) is 7.45. The molecule has 0 unspecified atom stereocenters. The topological polar surface area (TPSA) is 0 Å². The van der Waals surface area contributed by atoms with E-state index in [9.17, 15) is 0 Å². The van der Waals surface area contributed by atoms with Crippen molar-refractivity contribution in [3.05, 3.63) is 175 Å². The van der Waals surface area contributed by atoms with E-state index in [4.69, 9.17) is 17.0 Å². The van der Waals surface area contributed by atoms with Gasteiger partial charge in [0.05, 0.1) is 0 Å². The Labute approximate surface area is 285 Å². The van der Waals surface area contributed by atoms with Crippen LogP contribution >= 0.6 is 17.0 Å². The molecule has 45 heavy (non-hydrogen) atoms. The molecule has 0 aliphatic carbocycles. The van der Waals surface area contributed by atoms with Gasteiger partial charge < -0.3 is 0 Å². The number of halogens is 2. The summed E-state index contributed by atoms with van der Waals surface area (Å²) in [6, 6.07) is 53.4. The average Bonchev–Trinajstić information content (AvgIpc) is 3.70. The Morgan fingerprint density at radius 2 is 0.911 bits per heavy atom. The summed E-state index contributed by atoms with van der Waals surface area (Å²) < 4.78 is 0. The van der Waals surface area contributed by atoms with Crippen LogP contribution in [0.4, 0.5) is 0 Å². The first kappa shape index (κ1) is 34.7. The molecule has 2 radical (unpaired) electrons. The van der Waals surface area contributed by atoms with Crippen molar-refractivity contribution in [1.82, 2.24) is 0 Å². The summed E-state index contributed by atoms with van der Waals surface area (Å²) in [5, 5.41) is 5.44. The molecule has 4 heteroatoms. The summed E-state index contributed by atoms with van der Waals surface area (Å²) in [6.45, 7) is 11.2. The van der Waals surface area contributed by atoms with Crippen molar-refractivity contribution in [2.24, 2.45) is 0 Å². The van der Waals surface area contributed by atoms with Crippen LogP contribution in [0.1, 0.15) is 30.5 Å². The van der Waals surface area contributed by atoms with E-state index in [0.29, 0.717) is 0 Å². The van der Waals surface area contributed by atoms with Crippen LogP contribution in [0.15, 0.2) is 152 Å². The molecule has 7 rings (SSSR count). The zero-order chi connectivity index (χ0) is 32.0. The van der Waals surface area contributed by atoms with Gasteiger partial charge in [0, 0.05) is 0 Å². The number of fused-ring (bicyclic) bond motifs is 2. The number of aryl methyl sites for hydroxylation is 2. The zero-order valence-electron chi connectivity index (χ0n) is 25.8. The summed E-state index contributed by atoms with van der Waals surface area (Å²) in [6.07, 6.45) is 2.20. The number of rotatable bonds is 4. The van der Waals surface area contributed by atoms with Gasteiger partial charge in [0.25, 0.3) is 0 Å². The molecule has 0 heterocycles. The summed E-state index contributed by atoms with van der Waals surface area (Å²) in [5.74, 6) is 0. The molecule has 0 aromatic heterocycles. The Morgan fingerprint density at radius 3 is 1.22 bits per heavy atom. The van der Waals surface area contributed by atoms with E-state index in [-0.39, 0.29) is 0 Å². The molecule has 0 nitrogen and oxygen atoms in total. The van der Waals surface area contributed by atoms with Gasteiger partial charge in [-0.1, -0.05) is 104 Å². The molecule has 0 aliphatic rings. The van der Waals surface area contributed by atoms with Crippen molar-refractivity contribution in [2.45, 2.75) is 26.7 Å². The van der Waals surface area contributed by atoms with E-state index in [1.54, 1.807) is 0 Å². The Hall–Kier alpha value is -3.13. The molecule has 0 saturated carbocycles. The van der Waals surface area contributed by atoms with Crippen molar-refractivity contribution in [3.63, 3.8) is 0 Å². The van der Waals surface area contributed by atoms with Crippen molar-refractivity contribution in [1.29, 1.82) is 0 Å². The molecule has 0 amide bonds. The molecule has 0 atom stereocenters. The SMILES string of the molecule is CCc1cc2c(-c3ccccc3)cccc2[cH-]1.CCc1cc2c(-c3ccccc3)cccc2[cH-]1.[CH2-]c1ccccc1.[Si]=[Zr]([Cl])[Cl]. The van der Waals surface area contributed by atoms with Gasteiger partial charge in [-0.3, -0.25) is 0 Å². The van der Waals surface area contributed by atoms with Crippen LogP contribution in [-0.4, -0.2) is 6.88 Å². The molecule has 0 aliphatic heterocycles. The molecular weight excluding hydrogens is 683 g/mol. The van der Waals surface area contributed by atoms with Crippen LogP contribution in [0.5, 0.6) is 0 Å². The monoisotopic (exact) mass is 717 g/mol. The summed E-state index contributed by atoms with van der Waals surface area (Å²) >= 11 is -1.79. The van der Waals surface area contributed by atoms with Crippen LogP contribution < -0.4 is 0 Å². The van der Waals surface area contributed by atoms with Crippen molar-refractivity contribution >= 4 is 45.4 Å². The van der Waals surface area contributed by atoms with Gasteiger partial charge in [0.1, 0.15) is 0 Å². The van der Waals surface area contributed by atoms with Crippen molar-refractivity contribution in [2.75, 3.05) is 0 Å². The average molecular weight is 720 g/mol. The Morgan fingerprint density at radius 1 is 0.556 bits per heavy atom. The molecule has 0 fully saturated rings. The normalized spacial score (nSPS) is 10.1. The van der Waals surface area contributed by atoms with Gasteiger partial charge in [-0.05, 0) is 24.0 Å². The minimum absolute atomic E-state index is 1.07. The van der Waals surface area contributed by atoms with E-state index in [1.807, 2.05) is 30.3 Å². The third-order valence-corrected chi connectivity index (χ3v) is 7.45. The van der Waals surface area contributed by atoms with E-state index >= 15 is 0 Å². The van der Waals surface area contributed by atoms with E-state index in [0.717, 1.165) is 18.4 Å². The Bertz CT molecular complexity index is 1780. The van der Waals surface area contributed by atoms with Crippen molar-refractivity contribution < 1.29 is 18.0 Å². The van der Waals surface area contributed by atoms with Crippen LogP contribution in [0.2, 0.25) is 0 Å². The molecule has 0 saturated heterocycles. The molecular formula is C41H37Cl2SiZr-3. The fourth-order valence-electron chi connectivity index (χ4n) is 5.22. The van der Waals surface area contributed by atoms with Crippen LogP contribution in [-0.2, 0) is 30.8 Å². The van der Waals surface area contributed by atoms with Gasteiger partial charge in [-0.2, -0.15) is 36.8 Å². The van der Waals surface area contributed by atoms with Crippen LogP contribution in [0.25, 0.3) is 43.8 Å². The summed E-state index contributed by atoms with van der Waals surface area (Å²) in [5.41, 5.74) is 9.18. The second kappa shape index (κ2) is 18.1. The van der Waals surface area contributed by atoms with E-state index < -0.39 is 18.0 Å². The Kier molecular flexibility index (Phi) is 14.0. The first-order valence-electron chi connectivity index (χ1n) is 15.1. The van der Waals surface area contributed by atoms with Crippen LogP contribution in [0, 0.1) is 6.92 Å². The molecule has 0 spiro atoms. The van der Waals surface area contributed by atoms with Gasteiger partial charge in [-0.15, -0.1) is 81.2 Å². The quantitative estimate of drug-likeness (QED) is 0.125. The predicted molar refractivity (Wildman–Crippen MR) is 197 cm³/mol. The number of hydrogen-bond donors (Lipinski definition) is 0. The molecule has 0 bridgehead atoms. The fourth-order valence-corrected chi connectivity index (χ4v) is 5.22. The molecule has 7 aromatic rings. The van der Waals surface area contributed by atoms with Crippen LogP contribution in [0.3, 0.4) is 0 Å². The summed E-state index contributed by atoms with van der Waals surface area (Å²) in [7, 11) is 10.3. The maximum absolute atomic E-state index is 5.15. The standard InChI is InChI=1S/2C17H15.C7H7.2ClH.Si.Zr/c2*1-2-13-11-15-9-6-10-16(17(15)12-13)14-7-4-3-5-8-14;1-7-5-3-2-4-6-7;;;;/h2*3-12H,2H2,1H3;2-6H,1H2;2*1H;;/q3*-1;;;;+2/p-2. The second-order valence-corrected chi connectivity index (χ2v) is 24.1. The first-order chi connectivity index (χ1) is 21.9. The molecule has 226 valence electrons. The molecule has 0 N–H and O–H groups in total. The van der Waals surface area contributed by atoms with E-state index in [1.165, 1.54) is 54.9 Å². The zero-order valence-corrected chi connectivity index (χ0v) is 30.8. The molecule has 7 aromatic carbocycles. The fraction of sp³-hybridized carbons (Fsp3) is 0.0976. The third kappa shape index (κ3) is 10.5. The predicted octanol–water partition coefficient (Wildman–Crippen LogP) is 12.4. The van der Waals surface area contributed by atoms with Gasteiger partial charge >= 0.3 is 41.9 Å². The number of benzene rings is 5. The first-order valence-corrected chi connectivity index (χ1v) is 25.6. The second-order valence-electron chi connectivity index (χ2n) is 10.5. The van der Waals surface area contributed by atoms with Gasteiger partial charge in [-0.25, -0.2) is 0 Å². The van der Waals surface area contributed by atoms with Crippen molar-refractivity contribution in [3.8, 4) is 22.3 Å².